The summed E-state index contributed by atoms with van der Waals surface area (Å²) in [6, 6.07) is 10.6. The van der Waals surface area contributed by atoms with Crippen LogP contribution in [0.1, 0.15) is 24.8 Å². The predicted octanol–water partition coefficient (Wildman–Crippen LogP) is 3.50. The molecule has 29 heavy (non-hydrogen) atoms. The number of hydrogen-bond donors (Lipinski definition) is 0. The lowest BCUT2D eigenvalue weighted by Crippen LogP contribution is -2.35. The fourth-order valence-corrected chi connectivity index (χ4v) is 3.27. The molecule has 0 aliphatic carbocycles. The minimum atomic E-state index is -0.214. The smallest absolute Gasteiger partial charge is 0.260 e. The quantitative estimate of drug-likeness (QED) is 0.530. The molecule has 0 spiro atoms. The van der Waals surface area contributed by atoms with E-state index in [2.05, 4.69) is 10.2 Å². The molecule has 2 aromatic heterocycles. The van der Waals surface area contributed by atoms with Crippen LogP contribution >= 0.6 is 11.3 Å². The number of methoxy groups -OCH3 is 1. The summed E-state index contributed by atoms with van der Waals surface area (Å²) in [5.41, 5.74) is 0.450. The van der Waals surface area contributed by atoms with Crippen LogP contribution in [-0.2, 0) is 11.3 Å². The molecule has 150 valence electrons. The van der Waals surface area contributed by atoms with Gasteiger partial charge in [0.2, 0.25) is 5.89 Å². The van der Waals surface area contributed by atoms with Crippen LogP contribution in [0.4, 0.5) is 0 Å². The van der Waals surface area contributed by atoms with Crippen LogP contribution in [0.25, 0.3) is 10.8 Å². The molecule has 1 amide bonds. The van der Waals surface area contributed by atoms with E-state index in [4.69, 9.17) is 19.2 Å². The Labute approximate surface area is 172 Å². The number of amides is 1. The summed E-state index contributed by atoms with van der Waals surface area (Å²) in [4.78, 5) is 15.2. The first-order valence-electron chi connectivity index (χ1n) is 8.99. The number of nitrogens with zero attached hydrogens (tertiary/aromatic N) is 4. The first-order valence-corrected chi connectivity index (χ1v) is 9.87. The van der Waals surface area contributed by atoms with Gasteiger partial charge in [-0.25, -0.2) is 0 Å². The maximum absolute atomic E-state index is 12.7. The Morgan fingerprint density at radius 1 is 1.31 bits per heavy atom. The van der Waals surface area contributed by atoms with E-state index in [1.54, 1.807) is 23.1 Å². The van der Waals surface area contributed by atoms with Crippen molar-refractivity contribution in [3.05, 3.63) is 47.2 Å². The molecule has 0 atom stereocenters. The molecule has 3 rings (SSSR count). The molecule has 0 N–H and O–H groups in total. The van der Waals surface area contributed by atoms with E-state index in [0.717, 1.165) is 11.3 Å². The number of rotatable bonds is 9. The van der Waals surface area contributed by atoms with Gasteiger partial charge in [-0.2, -0.15) is 5.26 Å². The number of nitriles is 1. The summed E-state index contributed by atoms with van der Waals surface area (Å²) >= 11 is 1.51. The first kappa shape index (κ1) is 20.4. The van der Waals surface area contributed by atoms with E-state index in [1.165, 1.54) is 18.4 Å². The Morgan fingerprint density at radius 3 is 2.86 bits per heavy atom. The van der Waals surface area contributed by atoms with Crippen molar-refractivity contribution in [1.29, 1.82) is 5.26 Å². The van der Waals surface area contributed by atoms with Crippen LogP contribution in [0.15, 0.2) is 40.1 Å². The van der Waals surface area contributed by atoms with Gasteiger partial charge in [0.15, 0.2) is 18.1 Å². The molecule has 9 heteroatoms. The van der Waals surface area contributed by atoms with Crippen molar-refractivity contribution in [3.8, 4) is 28.3 Å². The van der Waals surface area contributed by atoms with Crippen molar-refractivity contribution in [1.82, 2.24) is 15.1 Å². The van der Waals surface area contributed by atoms with Crippen molar-refractivity contribution in [2.24, 2.45) is 0 Å². The van der Waals surface area contributed by atoms with Gasteiger partial charge in [-0.3, -0.25) is 4.79 Å². The summed E-state index contributed by atoms with van der Waals surface area (Å²) in [6.07, 6.45) is 0.776. The summed E-state index contributed by atoms with van der Waals surface area (Å²) in [5.74, 6) is 1.39. The highest BCUT2D eigenvalue weighted by Gasteiger charge is 2.19. The monoisotopic (exact) mass is 412 g/mol. The van der Waals surface area contributed by atoms with Gasteiger partial charge in [-0.05, 0) is 30.0 Å². The highest BCUT2D eigenvalue weighted by Crippen LogP contribution is 2.28. The van der Waals surface area contributed by atoms with Gasteiger partial charge in [-0.15, -0.1) is 21.5 Å². The molecule has 0 aliphatic heterocycles. The molecule has 8 nitrogen and oxygen atoms in total. The lowest BCUT2D eigenvalue weighted by molar-refractivity contribution is -0.134. The average Bonchev–Trinajstić information content (AvgIpc) is 3.43. The van der Waals surface area contributed by atoms with Gasteiger partial charge in [-0.1, -0.05) is 13.0 Å². The lowest BCUT2D eigenvalue weighted by Gasteiger charge is -2.20. The Kier molecular flexibility index (Phi) is 6.81. The fourth-order valence-electron chi connectivity index (χ4n) is 2.63. The second-order valence-corrected chi connectivity index (χ2v) is 7.01. The Balaban J connectivity index is 1.65. The molecular weight excluding hydrogens is 392 g/mol. The van der Waals surface area contributed by atoms with Gasteiger partial charge in [0.05, 0.1) is 30.2 Å². The van der Waals surface area contributed by atoms with E-state index in [0.29, 0.717) is 35.4 Å². The number of ether oxygens (including phenoxy) is 2. The Morgan fingerprint density at radius 2 is 2.17 bits per heavy atom. The highest BCUT2D eigenvalue weighted by molar-refractivity contribution is 7.13. The van der Waals surface area contributed by atoms with E-state index in [9.17, 15) is 4.79 Å². The maximum Gasteiger partial charge on any atom is 0.260 e. The normalized spacial score (nSPS) is 10.4. The number of hydrogen-bond acceptors (Lipinski definition) is 8. The predicted molar refractivity (Wildman–Crippen MR) is 107 cm³/mol. The van der Waals surface area contributed by atoms with Crippen LogP contribution in [0.5, 0.6) is 11.5 Å². The minimum Gasteiger partial charge on any atom is -0.493 e. The third-order valence-corrected chi connectivity index (χ3v) is 4.87. The van der Waals surface area contributed by atoms with E-state index < -0.39 is 0 Å². The third-order valence-electron chi connectivity index (χ3n) is 4.02. The standard InChI is InChI=1S/C20H20N4O4S/c1-3-8-24(12-18-22-23-20(28-18)17-5-4-9-29-17)19(25)13-27-15-7-6-14(11-21)10-16(15)26-2/h4-7,9-10H,3,8,12-13H2,1-2H3. The molecule has 1 aromatic carbocycles. The summed E-state index contributed by atoms with van der Waals surface area (Å²) in [5, 5.41) is 19.0. The fraction of sp³-hybridized carbons (Fsp3) is 0.300. The van der Waals surface area contributed by atoms with Gasteiger partial charge in [0, 0.05) is 12.6 Å². The average molecular weight is 412 g/mol. The second kappa shape index (κ2) is 9.71. The molecular formula is C20H20N4O4S. The highest BCUT2D eigenvalue weighted by atomic mass is 32.1. The maximum atomic E-state index is 12.7. The van der Waals surface area contributed by atoms with Crippen molar-refractivity contribution < 1.29 is 18.7 Å². The SMILES string of the molecule is CCCN(Cc1nnc(-c2cccs2)o1)C(=O)COc1ccc(C#N)cc1OC. The Hall–Kier alpha value is -3.38. The van der Waals surface area contributed by atoms with E-state index in [1.807, 2.05) is 30.5 Å². The lowest BCUT2D eigenvalue weighted by atomic mass is 10.2. The first-order chi connectivity index (χ1) is 14.1. The number of aromatic nitrogens is 2. The molecule has 0 saturated heterocycles. The zero-order valence-electron chi connectivity index (χ0n) is 16.1. The van der Waals surface area contributed by atoms with Crippen LogP contribution in [0.3, 0.4) is 0 Å². The second-order valence-electron chi connectivity index (χ2n) is 6.06. The molecule has 0 unspecified atom stereocenters. The van der Waals surface area contributed by atoms with E-state index >= 15 is 0 Å². The van der Waals surface area contributed by atoms with Gasteiger partial charge < -0.3 is 18.8 Å². The summed E-state index contributed by atoms with van der Waals surface area (Å²) in [6.45, 7) is 2.55. The number of benzene rings is 1. The van der Waals surface area contributed by atoms with E-state index in [-0.39, 0.29) is 19.1 Å². The molecule has 3 aromatic rings. The van der Waals surface area contributed by atoms with Gasteiger partial charge in [0.25, 0.3) is 11.8 Å². The largest absolute Gasteiger partial charge is 0.493 e. The zero-order valence-corrected chi connectivity index (χ0v) is 16.9. The zero-order chi connectivity index (χ0) is 20.6. The number of carbonyl (C=O) groups excluding carboxylic acids is 1. The van der Waals surface area contributed by atoms with Gasteiger partial charge >= 0.3 is 0 Å². The van der Waals surface area contributed by atoms with Crippen LogP contribution in [0, 0.1) is 11.3 Å². The molecule has 0 saturated carbocycles. The Bertz CT molecular complexity index is 994. The van der Waals surface area contributed by atoms with Crippen LogP contribution < -0.4 is 9.47 Å². The third kappa shape index (κ3) is 5.12. The summed E-state index contributed by atoms with van der Waals surface area (Å²) in [7, 11) is 1.48. The topological polar surface area (TPSA) is 101 Å². The van der Waals surface area contributed by atoms with Crippen molar-refractivity contribution in [3.63, 3.8) is 0 Å². The molecule has 0 aliphatic rings. The van der Waals surface area contributed by atoms with Crippen molar-refractivity contribution in [2.75, 3.05) is 20.3 Å². The molecule has 0 bridgehead atoms. The van der Waals surface area contributed by atoms with Crippen LogP contribution in [-0.4, -0.2) is 41.3 Å². The van der Waals surface area contributed by atoms with Gasteiger partial charge in [0.1, 0.15) is 0 Å². The van der Waals surface area contributed by atoms with Crippen molar-refractivity contribution in [2.45, 2.75) is 19.9 Å². The molecule has 0 fully saturated rings. The molecule has 2 heterocycles. The number of thiophene rings is 1. The summed E-state index contributed by atoms with van der Waals surface area (Å²) < 4.78 is 16.5. The molecule has 0 radical (unpaired) electrons. The minimum absolute atomic E-state index is 0.172. The number of carbonyl (C=O) groups is 1. The van der Waals surface area contributed by atoms with Crippen molar-refractivity contribution >= 4 is 17.2 Å². The van der Waals surface area contributed by atoms with Crippen LogP contribution in [0.2, 0.25) is 0 Å².